The number of halogens is 3. The lowest BCUT2D eigenvalue weighted by Crippen LogP contribution is -2.46. The van der Waals surface area contributed by atoms with E-state index in [-0.39, 0.29) is 30.9 Å². The Morgan fingerprint density at radius 2 is 0.815 bits per heavy atom. The minimum atomic E-state index is -0.885. The Morgan fingerprint density at radius 1 is 0.457 bits per heavy atom. The summed E-state index contributed by atoms with van der Waals surface area (Å²) in [7, 11) is 1.59. The van der Waals surface area contributed by atoms with E-state index in [4.69, 9.17) is 28.4 Å². The first-order chi connectivity index (χ1) is 38.5. The summed E-state index contributed by atoms with van der Waals surface area (Å²) in [5.41, 5.74) is 1.37. The molecule has 12 rings (SSSR count). The van der Waals surface area contributed by atoms with E-state index in [0.29, 0.717) is 94.8 Å². The van der Waals surface area contributed by atoms with E-state index in [9.17, 15) is 34.5 Å². The normalized spacial score (nSPS) is 15.0. The van der Waals surface area contributed by atoms with Gasteiger partial charge in [0.2, 0.25) is 34.3 Å². The Hall–Kier alpha value is -6.97. The smallest absolute Gasteiger partial charge is 0.247 e. The highest BCUT2D eigenvalue weighted by atomic mass is 79.9. The molecule has 8 aromatic rings. The van der Waals surface area contributed by atoms with Gasteiger partial charge in [0.1, 0.15) is 43.2 Å². The maximum atomic E-state index is 10.7. The molecule has 4 fully saturated rings. The van der Waals surface area contributed by atoms with E-state index in [2.05, 4.69) is 82.4 Å². The van der Waals surface area contributed by atoms with Gasteiger partial charge in [-0.1, -0.05) is 60.7 Å². The number of ketones is 1. The van der Waals surface area contributed by atoms with Crippen LogP contribution < -0.4 is 30.9 Å². The number of carbonyl (C=O) groups excluding carboxylic acids is 1. The number of aromatic amines is 3. The van der Waals surface area contributed by atoms with Gasteiger partial charge in [-0.15, -0.1) is 0 Å². The molecular weight excluding hydrogens is 1240 g/mol. The second-order valence-electron chi connectivity index (χ2n) is 17.6. The lowest BCUT2D eigenvalue weighted by atomic mass is 9.94. The van der Waals surface area contributed by atoms with Gasteiger partial charge < -0.3 is 71.8 Å². The van der Waals surface area contributed by atoms with Crippen molar-refractivity contribution in [2.24, 2.45) is 0 Å². The van der Waals surface area contributed by atoms with Gasteiger partial charge in [-0.05, 0) is 95.3 Å². The summed E-state index contributed by atoms with van der Waals surface area (Å²) >= 11 is 9.76. The molecule has 4 saturated heterocycles. The molecule has 6 N–H and O–H groups in total. The van der Waals surface area contributed by atoms with Crippen molar-refractivity contribution in [3.05, 3.63) is 243 Å². The Bertz CT molecular complexity index is 3160. The van der Waals surface area contributed by atoms with Crippen LogP contribution >= 0.6 is 47.8 Å². The summed E-state index contributed by atoms with van der Waals surface area (Å²) < 4.78 is 38.0. The first kappa shape index (κ1) is 64.9. The number of H-pyrrole nitrogens is 3. The van der Waals surface area contributed by atoms with Crippen LogP contribution in [0.5, 0.6) is 17.6 Å². The first-order valence-electron chi connectivity index (χ1n) is 24.3. The summed E-state index contributed by atoms with van der Waals surface area (Å²) in [5.74, 6) is 2.04. The fourth-order valence-electron chi connectivity index (χ4n) is 6.50. The van der Waals surface area contributed by atoms with E-state index < -0.39 is 16.8 Å². The van der Waals surface area contributed by atoms with Gasteiger partial charge in [0.25, 0.3) is 0 Å². The number of Topliss-reactive ketones (excluding diaryl/α,β-unsaturated/α-hetero) is 1. The zero-order valence-corrected chi connectivity index (χ0v) is 48.4. The zero-order valence-electron chi connectivity index (χ0n) is 43.6. The van der Waals surface area contributed by atoms with Crippen molar-refractivity contribution < 1.29 is 53.3 Å². The number of aromatic nitrogens is 6. The number of ether oxygens (including phenoxy) is 7. The molecule has 6 aromatic heterocycles. The molecule has 2 aromatic carbocycles. The number of hydrogen-bond acceptors (Lipinski definition) is 17. The Morgan fingerprint density at radius 3 is 1.10 bits per heavy atom. The van der Waals surface area contributed by atoms with E-state index in [1.165, 1.54) is 30.6 Å². The highest BCUT2D eigenvalue weighted by Gasteiger charge is 2.39. The third kappa shape index (κ3) is 22.1. The van der Waals surface area contributed by atoms with Gasteiger partial charge in [-0.3, -0.25) is 19.2 Å². The quantitative estimate of drug-likeness (QED) is 0.0779. The summed E-state index contributed by atoms with van der Waals surface area (Å²) in [5, 5.41) is 29.5. The number of hydrogen-bond donors (Lipinski definition) is 6. The van der Waals surface area contributed by atoms with Gasteiger partial charge in [-0.2, -0.15) is 0 Å². The maximum absolute atomic E-state index is 10.7. The minimum Gasteiger partial charge on any atom is -1.00 e. The molecule has 0 bridgehead atoms. The van der Waals surface area contributed by atoms with Crippen LogP contribution in [0, 0.1) is 0 Å². The average molecular weight is 1300 g/mol. The van der Waals surface area contributed by atoms with Crippen molar-refractivity contribution in [2.45, 2.75) is 30.0 Å². The summed E-state index contributed by atoms with van der Waals surface area (Å²) in [4.78, 5) is 61.3. The Labute approximate surface area is 492 Å². The van der Waals surface area contributed by atoms with Crippen molar-refractivity contribution in [1.82, 2.24) is 29.9 Å². The number of aliphatic hydroxyl groups is 3. The lowest BCUT2D eigenvalue weighted by molar-refractivity contribution is -0.184. The number of nitrogens with zero attached hydrogens (tertiary/aromatic N) is 3. The molecule has 424 valence electrons. The Kier molecular flexibility index (Phi) is 26.5. The topological polar surface area (TPSA) is 280 Å². The number of rotatable bonds is 10. The largest absolute Gasteiger partial charge is 1.00 e. The van der Waals surface area contributed by atoms with Crippen molar-refractivity contribution in [1.29, 1.82) is 0 Å². The molecule has 10 heterocycles. The van der Waals surface area contributed by atoms with Gasteiger partial charge in [0.15, 0.2) is 5.78 Å². The first-order valence-corrected chi connectivity index (χ1v) is 26.7. The average Bonchev–Trinajstić information content (AvgIpc) is 3.53. The van der Waals surface area contributed by atoms with Crippen LogP contribution in [-0.2, 0) is 53.8 Å². The molecular formula is C57H57BBr3N6O14-. The third-order valence-electron chi connectivity index (χ3n) is 11.3. The number of methoxy groups -OCH3 is 1. The predicted molar refractivity (Wildman–Crippen MR) is 311 cm³/mol. The molecule has 4 radical (unpaired) electrons. The molecule has 0 saturated carbocycles. The van der Waals surface area contributed by atoms with Crippen molar-refractivity contribution in [3.8, 4) is 17.6 Å². The SMILES string of the molecule is Brc1ccc(OCc2ccccc2)nc1.COc1ccc(Br)cn1.O=C1COC1.O=c1ccc(Br)c[nH]1.O=c1ccc(C2(O)COC2)c[nH]1.O=c1ccc(C2(O)COC2)c[nH]1.OC1(c2ccc(OCc3ccccc3)nc2)COC1.[B-]. The van der Waals surface area contributed by atoms with Gasteiger partial charge >= 0.3 is 0 Å². The highest BCUT2D eigenvalue weighted by Crippen LogP contribution is 2.30. The zero-order chi connectivity index (χ0) is 57.2. The number of carbonyl (C=O) groups is 1. The van der Waals surface area contributed by atoms with Crippen LogP contribution in [-0.4, -0.2) is 119 Å². The van der Waals surface area contributed by atoms with Crippen LogP contribution in [0.1, 0.15) is 27.8 Å². The van der Waals surface area contributed by atoms with Crippen LogP contribution in [0.4, 0.5) is 0 Å². The molecule has 81 heavy (non-hydrogen) atoms. The predicted octanol–water partition coefficient (Wildman–Crippen LogP) is 6.68. The molecule has 4 aliphatic rings. The fraction of sp³-hybridized carbons (Fsp3) is 0.246. The Balaban J connectivity index is 0.000000178. The number of benzene rings is 2. The highest BCUT2D eigenvalue weighted by molar-refractivity contribution is 9.11. The molecule has 20 nitrogen and oxygen atoms in total. The molecule has 0 aliphatic carbocycles. The van der Waals surface area contributed by atoms with E-state index in [0.717, 1.165) is 30.1 Å². The molecule has 0 spiro atoms. The molecule has 0 amide bonds. The number of pyridine rings is 6. The van der Waals surface area contributed by atoms with E-state index in [1.54, 1.807) is 62.2 Å². The number of nitrogens with one attached hydrogen (secondary N) is 3. The molecule has 4 aliphatic heterocycles. The van der Waals surface area contributed by atoms with Crippen LogP contribution in [0.15, 0.2) is 198 Å². The van der Waals surface area contributed by atoms with Crippen LogP contribution in [0.3, 0.4) is 0 Å². The fourth-order valence-corrected chi connectivity index (χ4v) is 7.21. The van der Waals surface area contributed by atoms with Crippen LogP contribution in [0.2, 0.25) is 0 Å². The minimum absolute atomic E-state index is 0. The van der Waals surface area contributed by atoms with Gasteiger partial charge in [0, 0.05) is 104 Å². The lowest BCUT2D eigenvalue weighted by Gasteiger charge is -2.36. The molecule has 24 heteroatoms. The summed E-state index contributed by atoms with van der Waals surface area (Å²) in [6.07, 6.45) is 9.69. The monoisotopic (exact) mass is 1300 g/mol. The van der Waals surface area contributed by atoms with Crippen molar-refractivity contribution in [2.75, 3.05) is 60.0 Å². The van der Waals surface area contributed by atoms with E-state index in [1.807, 2.05) is 84.9 Å². The maximum Gasteiger partial charge on any atom is 0.247 e. The standard InChI is InChI=1S/C15H15NO3.C12H10BrNO.2C8H9NO3.C6H6BrNO.C5H4BrNO.C3H4O2.B/c17-15(10-18-11-15)13-6-7-14(16-8-13)19-9-12-4-2-1-3-5-12;13-11-6-7-12(14-8-11)15-9-10-4-2-1-3-5-10;2*10-7-2-1-6(3-9-7)8(11)4-12-5-8;1-9-6-3-2-5(7)4-8-6;6-4-1-2-5(8)7-3-4;4-3-1-5-2-3;/h1-8,17H,9-11H2;1-8H,9H2;2*1-3,11H,4-5H2,(H,9,10);2-4H,1H3;1-3H,(H,7,8);1-2H2;/q;;;;;;;-1. The van der Waals surface area contributed by atoms with Crippen LogP contribution in [0.25, 0.3) is 0 Å². The van der Waals surface area contributed by atoms with E-state index >= 15 is 0 Å². The second-order valence-corrected chi connectivity index (χ2v) is 20.4. The molecule has 0 unspecified atom stereocenters. The summed E-state index contributed by atoms with van der Waals surface area (Å²) in [6.45, 7) is 3.62. The second kappa shape index (κ2) is 33.1. The van der Waals surface area contributed by atoms with Crippen molar-refractivity contribution >= 4 is 62.0 Å². The molecule has 0 atom stereocenters. The third-order valence-corrected chi connectivity index (χ3v) is 12.7. The van der Waals surface area contributed by atoms with Gasteiger partial charge in [-0.25, -0.2) is 15.0 Å². The van der Waals surface area contributed by atoms with Crippen molar-refractivity contribution in [3.63, 3.8) is 0 Å². The van der Waals surface area contributed by atoms with Gasteiger partial charge in [0.05, 0.1) is 46.8 Å². The summed E-state index contributed by atoms with van der Waals surface area (Å²) in [6, 6.07) is 40.1.